The van der Waals surface area contributed by atoms with Crippen LogP contribution in [-0.2, 0) is 5.33 Å². The van der Waals surface area contributed by atoms with Crippen LogP contribution in [0, 0.1) is 0 Å². The number of H-pyrrole nitrogens is 1. The fourth-order valence-electron chi connectivity index (χ4n) is 1.62. The highest BCUT2D eigenvalue weighted by Crippen LogP contribution is 2.25. The van der Waals surface area contributed by atoms with Gasteiger partial charge in [-0.05, 0) is 18.2 Å². The lowest BCUT2D eigenvalue weighted by molar-refractivity contribution is 0.555. The molecule has 0 unspecified atom stereocenters. The van der Waals surface area contributed by atoms with Crippen molar-refractivity contribution >= 4 is 38.4 Å². The maximum absolute atomic E-state index is 11.0. The van der Waals surface area contributed by atoms with Crippen molar-refractivity contribution in [2.24, 2.45) is 0 Å². The molecule has 0 saturated carbocycles. The van der Waals surface area contributed by atoms with Gasteiger partial charge in [-0.15, -0.1) is 11.3 Å². The summed E-state index contributed by atoms with van der Waals surface area (Å²) in [4.78, 5) is 18.1. The van der Waals surface area contributed by atoms with Gasteiger partial charge in [0.2, 0.25) is 0 Å². The predicted molar refractivity (Wildman–Crippen MR) is 70.6 cm³/mol. The number of nitrogens with zero attached hydrogens (tertiary/aromatic N) is 1. The van der Waals surface area contributed by atoms with Gasteiger partial charge in [0, 0.05) is 10.9 Å². The summed E-state index contributed by atoms with van der Waals surface area (Å²) in [5.74, 6) is -0.434. The number of aromatic amines is 1. The SMILES string of the molecule is O=c1[nH]c2cc(-c3csc(CBr)n3)ccc2o1. The Balaban J connectivity index is 2.13. The fourth-order valence-corrected chi connectivity index (χ4v) is 2.79. The third-order valence-corrected chi connectivity index (χ3v) is 4.13. The Kier molecular flexibility index (Phi) is 2.60. The first-order valence-corrected chi connectivity index (χ1v) is 6.90. The monoisotopic (exact) mass is 310 g/mol. The zero-order chi connectivity index (χ0) is 11.8. The number of hydrogen-bond donors (Lipinski definition) is 1. The number of aromatic nitrogens is 2. The molecule has 1 N–H and O–H groups in total. The second-order valence-electron chi connectivity index (χ2n) is 3.49. The van der Waals surface area contributed by atoms with Gasteiger partial charge in [-0.3, -0.25) is 4.98 Å². The fraction of sp³-hybridized carbons (Fsp3) is 0.0909. The summed E-state index contributed by atoms with van der Waals surface area (Å²) in [7, 11) is 0. The predicted octanol–water partition coefficient (Wildman–Crippen LogP) is 3.14. The van der Waals surface area contributed by atoms with Crippen LogP contribution in [0.3, 0.4) is 0 Å². The second-order valence-corrected chi connectivity index (χ2v) is 4.99. The third kappa shape index (κ3) is 1.94. The van der Waals surface area contributed by atoms with E-state index in [0.29, 0.717) is 11.1 Å². The van der Waals surface area contributed by atoms with Crippen molar-refractivity contribution in [1.29, 1.82) is 0 Å². The molecule has 0 fully saturated rings. The Bertz CT molecular complexity index is 728. The smallest absolute Gasteiger partial charge is 0.408 e. The van der Waals surface area contributed by atoms with E-state index in [9.17, 15) is 4.79 Å². The van der Waals surface area contributed by atoms with Crippen molar-refractivity contribution in [3.05, 3.63) is 39.1 Å². The van der Waals surface area contributed by atoms with E-state index < -0.39 is 5.76 Å². The molecule has 0 saturated heterocycles. The van der Waals surface area contributed by atoms with E-state index in [0.717, 1.165) is 21.6 Å². The summed E-state index contributed by atoms with van der Waals surface area (Å²) in [6.07, 6.45) is 0. The summed E-state index contributed by atoms with van der Waals surface area (Å²) in [6, 6.07) is 5.54. The molecular weight excluding hydrogens is 304 g/mol. The van der Waals surface area contributed by atoms with Crippen molar-refractivity contribution in [2.75, 3.05) is 0 Å². The molecule has 2 aromatic heterocycles. The lowest BCUT2D eigenvalue weighted by atomic mass is 10.1. The quantitative estimate of drug-likeness (QED) is 0.740. The summed E-state index contributed by atoms with van der Waals surface area (Å²) in [5, 5.41) is 3.78. The maximum atomic E-state index is 11.0. The first kappa shape index (κ1) is 10.7. The molecule has 0 aliphatic carbocycles. The van der Waals surface area contributed by atoms with Gasteiger partial charge in [-0.25, -0.2) is 9.78 Å². The number of fused-ring (bicyclic) bond motifs is 1. The van der Waals surface area contributed by atoms with Gasteiger partial charge in [-0.2, -0.15) is 0 Å². The van der Waals surface area contributed by atoms with Crippen molar-refractivity contribution < 1.29 is 4.42 Å². The van der Waals surface area contributed by atoms with Gasteiger partial charge in [0.25, 0.3) is 0 Å². The molecule has 17 heavy (non-hydrogen) atoms. The van der Waals surface area contributed by atoms with Crippen molar-refractivity contribution in [2.45, 2.75) is 5.33 Å². The van der Waals surface area contributed by atoms with Gasteiger partial charge >= 0.3 is 5.76 Å². The van der Waals surface area contributed by atoms with Crippen LogP contribution in [0.15, 0.2) is 32.8 Å². The minimum absolute atomic E-state index is 0.434. The number of halogens is 1. The number of alkyl halides is 1. The maximum Gasteiger partial charge on any atom is 0.417 e. The number of thiazole rings is 1. The van der Waals surface area contributed by atoms with E-state index in [2.05, 4.69) is 25.9 Å². The van der Waals surface area contributed by atoms with Gasteiger partial charge in [-0.1, -0.05) is 15.9 Å². The lowest BCUT2D eigenvalue weighted by Crippen LogP contribution is -1.92. The zero-order valence-corrected chi connectivity index (χ0v) is 11.0. The molecular formula is C11H7BrN2O2S. The van der Waals surface area contributed by atoms with E-state index in [1.165, 1.54) is 0 Å². The van der Waals surface area contributed by atoms with Gasteiger partial charge in [0.15, 0.2) is 5.58 Å². The molecule has 0 atom stereocenters. The highest BCUT2D eigenvalue weighted by molar-refractivity contribution is 9.08. The third-order valence-electron chi connectivity index (χ3n) is 2.38. The molecule has 0 amide bonds. The molecule has 86 valence electrons. The average Bonchev–Trinajstić information content (AvgIpc) is 2.92. The molecule has 4 nitrogen and oxygen atoms in total. The Morgan fingerprint density at radius 1 is 1.47 bits per heavy atom. The topological polar surface area (TPSA) is 58.9 Å². The summed E-state index contributed by atoms with van der Waals surface area (Å²) in [5.41, 5.74) is 3.14. The Hall–Kier alpha value is -1.40. The van der Waals surface area contributed by atoms with E-state index in [1.807, 2.05) is 17.5 Å². The van der Waals surface area contributed by atoms with Crippen molar-refractivity contribution in [3.63, 3.8) is 0 Å². The minimum atomic E-state index is -0.434. The molecule has 2 heterocycles. The largest absolute Gasteiger partial charge is 0.417 e. The zero-order valence-electron chi connectivity index (χ0n) is 8.57. The average molecular weight is 311 g/mol. The van der Waals surface area contributed by atoms with Gasteiger partial charge < -0.3 is 4.42 Å². The molecule has 3 rings (SSSR count). The van der Waals surface area contributed by atoms with E-state index in [1.54, 1.807) is 17.4 Å². The molecule has 6 heteroatoms. The first-order valence-electron chi connectivity index (χ1n) is 4.90. The summed E-state index contributed by atoms with van der Waals surface area (Å²) in [6.45, 7) is 0. The minimum Gasteiger partial charge on any atom is -0.408 e. The van der Waals surface area contributed by atoms with Crippen LogP contribution >= 0.6 is 27.3 Å². The number of rotatable bonds is 2. The highest BCUT2D eigenvalue weighted by atomic mass is 79.9. The van der Waals surface area contributed by atoms with Crippen LogP contribution in [0.25, 0.3) is 22.4 Å². The molecule has 0 spiro atoms. The van der Waals surface area contributed by atoms with Crippen molar-refractivity contribution in [3.8, 4) is 11.3 Å². The molecule has 0 bridgehead atoms. The van der Waals surface area contributed by atoms with Crippen LogP contribution < -0.4 is 5.76 Å². The van der Waals surface area contributed by atoms with Crippen LogP contribution in [0.2, 0.25) is 0 Å². The highest BCUT2D eigenvalue weighted by Gasteiger charge is 2.07. The van der Waals surface area contributed by atoms with E-state index >= 15 is 0 Å². The van der Waals surface area contributed by atoms with Crippen LogP contribution in [-0.4, -0.2) is 9.97 Å². The number of oxazole rings is 1. The summed E-state index contributed by atoms with van der Waals surface area (Å²) >= 11 is 4.97. The molecule has 0 radical (unpaired) electrons. The second kappa shape index (κ2) is 4.12. The lowest BCUT2D eigenvalue weighted by Gasteiger charge is -1.95. The number of benzene rings is 1. The van der Waals surface area contributed by atoms with Crippen LogP contribution in [0.4, 0.5) is 0 Å². The van der Waals surface area contributed by atoms with E-state index in [-0.39, 0.29) is 0 Å². The Morgan fingerprint density at radius 2 is 2.35 bits per heavy atom. The molecule has 0 aliphatic rings. The number of hydrogen-bond acceptors (Lipinski definition) is 4. The standard InChI is InChI=1S/C11H7BrN2O2S/c12-4-10-13-8(5-17-10)6-1-2-9-7(3-6)14-11(15)16-9/h1-3,5H,4H2,(H,14,15). The number of nitrogens with one attached hydrogen (secondary N) is 1. The molecule has 3 aromatic rings. The Labute approximate surface area is 108 Å². The first-order chi connectivity index (χ1) is 8.26. The molecule has 0 aliphatic heterocycles. The van der Waals surface area contributed by atoms with Crippen molar-refractivity contribution in [1.82, 2.24) is 9.97 Å². The normalized spacial score (nSPS) is 11.1. The summed E-state index contributed by atoms with van der Waals surface area (Å²) < 4.78 is 4.95. The Morgan fingerprint density at radius 3 is 3.12 bits per heavy atom. The van der Waals surface area contributed by atoms with E-state index in [4.69, 9.17) is 4.42 Å². The molecule has 1 aromatic carbocycles. The van der Waals surface area contributed by atoms with Crippen LogP contribution in [0.1, 0.15) is 5.01 Å². The van der Waals surface area contributed by atoms with Crippen LogP contribution in [0.5, 0.6) is 0 Å². The van der Waals surface area contributed by atoms with Gasteiger partial charge in [0.05, 0.1) is 16.5 Å². The van der Waals surface area contributed by atoms with Gasteiger partial charge in [0.1, 0.15) is 5.01 Å².